The van der Waals surface area contributed by atoms with Crippen molar-refractivity contribution in [3.05, 3.63) is 15.6 Å². The van der Waals surface area contributed by atoms with Gasteiger partial charge in [0.2, 0.25) is 10.0 Å². The molecule has 2 rings (SSSR count). The summed E-state index contributed by atoms with van der Waals surface area (Å²) in [6, 6.07) is 0.235. The second-order valence-electron chi connectivity index (χ2n) is 6.31. The predicted molar refractivity (Wildman–Crippen MR) is 104 cm³/mol. The number of guanidine groups is 1. The highest BCUT2D eigenvalue weighted by atomic mass is 32.2. The summed E-state index contributed by atoms with van der Waals surface area (Å²) >= 11 is 1.69. The van der Waals surface area contributed by atoms with Crippen molar-refractivity contribution in [1.29, 1.82) is 0 Å². The Balaban J connectivity index is 1.81. The number of aliphatic imine (C=N–C) groups is 1. The van der Waals surface area contributed by atoms with Crippen molar-refractivity contribution in [3.8, 4) is 0 Å². The maximum Gasteiger partial charge on any atom is 0.214 e. The molecule has 1 fully saturated rings. The minimum atomic E-state index is -3.09. The van der Waals surface area contributed by atoms with Crippen LogP contribution >= 0.6 is 11.3 Å². The van der Waals surface area contributed by atoms with Crippen LogP contribution in [0.5, 0.6) is 0 Å². The highest BCUT2D eigenvalue weighted by molar-refractivity contribution is 7.89. The lowest BCUT2D eigenvalue weighted by Crippen LogP contribution is -2.49. The van der Waals surface area contributed by atoms with Crippen LogP contribution in [0.3, 0.4) is 0 Å². The van der Waals surface area contributed by atoms with Crippen LogP contribution < -0.4 is 10.6 Å². The van der Waals surface area contributed by atoms with E-state index in [1.54, 1.807) is 22.7 Å². The zero-order chi connectivity index (χ0) is 18.4. The van der Waals surface area contributed by atoms with Crippen molar-refractivity contribution in [1.82, 2.24) is 19.9 Å². The van der Waals surface area contributed by atoms with Gasteiger partial charge in [-0.05, 0) is 33.1 Å². The van der Waals surface area contributed by atoms with Crippen LogP contribution in [0.25, 0.3) is 0 Å². The number of aryl methyl sites for hydroxylation is 2. The Bertz CT molecular complexity index is 672. The molecule has 1 aromatic heterocycles. The number of thiazole rings is 1. The Morgan fingerprint density at radius 1 is 1.36 bits per heavy atom. The molecule has 0 spiro atoms. The quantitative estimate of drug-likeness (QED) is 0.572. The molecule has 25 heavy (non-hydrogen) atoms. The summed E-state index contributed by atoms with van der Waals surface area (Å²) < 4.78 is 25.9. The third kappa shape index (κ3) is 5.65. The number of hydrogen-bond donors (Lipinski definition) is 2. The summed E-state index contributed by atoms with van der Waals surface area (Å²) in [5.41, 5.74) is 1.07. The van der Waals surface area contributed by atoms with Crippen LogP contribution in [-0.4, -0.2) is 55.6 Å². The number of hydrogen-bond acceptors (Lipinski definition) is 5. The first-order valence-electron chi connectivity index (χ1n) is 8.73. The summed E-state index contributed by atoms with van der Waals surface area (Å²) in [7, 11) is -1.34. The summed E-state index contributed by atoms with van der Waals surface area (Å²) in [6.07, 6.45) is 2.24. The maximum atomic E-state index is 12.1. The molecule has 2 heterocycles. The molecule has 0 saturated carbocycles. The maximum absolute atomic E-state index is 12.1. The zero-order valence-corrected chi connectivity index (χ0v) is 17.1. The number of piperidine rings is 1. The van der Waals surface area contributed by atoms with Gasteiger partial charge in [-0.1, -0.05) is 6.92 Å². The van der Waals surface area contributed by atoms with Crippen LogP contribution in [0.2, 0.25) is 0 Å². The molecule has 7 nitrogen and oxygen atoms in total. The zero-order valence-electron chi connectivity index (χ0n) is 15.5. The molecular weight excluding hydrogens is 358 g/mol. The Morgan fingerprint density at radius 3 is 2.56 bits per heavy atom. The van der Waals surface area contributed by atoms with Gasteiger partial charge in [0.1, 0.15) is 5.01 Å². The summed E-state index contributed by atoms with van der Waals surface area (Å²) in [5.74, 6) is 0.974. The highest BCUT2D eigenvalue weighted by Crippen LogP contribution is 2.17. The Morgan fingerprint density at radius 2 is 2.04 bits per heavy atom. The largest absolute Gasteiger partial charge is 0.354 e. The minimum Gasteiger partial charge on any atom is -0.354 e. The van der Waals surface area contributed by atoms with E-state index in [0.717, 1.165) is 29.5 Å². The van der Waals surface area contributed by atoms with Gasteiger partial charge in [-0.15, -0.1) is 11.3 Å². The molecule has 1 saturated heterocycles. The Kier molecular flexibility index (Phi) is 7.21. The van der Waals surface area contributed by atoms with E-state index in [1.807, 2.05) is 13.8 Å². The van der Waals surface area contributed by atoms with Crippen molar-refractivity contribution in [3.63, 3.8) is 0 Å². The number of sulfonamides is 1. The van der Waals surface area contributed by atoms with Crippen LogP contribution in [0.4, 0.5) is 0 Å². The first-order chi connectivity index (χ1) is 11.9. The predicted octanol–water partition coefficient (Wildman–Crippen LogP) is 1.63. The molecule has 1 aromatic rings. The van der Waals surface area contributed by atoms with Gasteiger partial charge in [0, 0.05) is 31.1 Å². The van der Waals surface area contributed by atoms with Crippen molar-refractivity contribution in [2.24, 2.45) is 4.99 Å². The fourth-order valence-electron chi connectivity index (χ4n) is 2.83. The van der Waals surface area contributed by atoms with Gasteiger partial charge < -0.3 is 10.6 Å². The fraction of sp³-hybridized carbons (Fsp3) is 0.750. The lowest BCUT2D eigenvalue weighted by molar-refractivity contribution is 0.306. The minimum absolute atomic E-state index is 0.235. The Hall–Kier alpha value is -1.19. The van der Waals surface area contributed by atoms with E-state index in [2.05, 4.69) is 27.5 Å². The number of rotatable bonds is 6. The van der Waals surface area contributed by atoms with E-state index in [1.165, 1.54) is 4.88 Å². The van der Waals surface area contributed by atoms with Crippen molar-refractivity contribution in [2.45, 2.75) is 52.6 Å². The number of aromatic nitrogens is 1. The molecule has 1 aliphatic rings. The average molecular weight is 388 g/mol. The normalized spacial score (nSPS) is 17.7. The van der Waals surface area contributed by atoms with Gasteiger partial charge in [0.25, 0.3) is 0 Å². The van der Waals surface area contributed by atoms with Crippen LogP contribution in [0.15, 0.2) is 4.99 Å². The van der Waals surface area contributed by atoms with Crippen LogP contribution in [-0.2, 0) is 16.6 Å². The third-order valence-electron chi connectivity index (χ3n) is 4.35. The molecule has 0 radical (unpaired) electrons. The lowest BCUT2D eigenvalue weighted by atomic mass is 10.1. The molecule has 1 aliphatic heterocycles. The molecule has 2 N–H and O–H groups in total. The number of nitrogens with one attached hydrogen (secondary N) is 2. The van der Waals surface area contributed by atoms with Gasteiger partial charge in [0.05, 0.1) is 18.0 Å². The highest BCUT2D eigenvalue weighted by Gasteiger charge is 2.27. The van der Waals surface area contributed by atoms with E-state index >= 15 is 0 Å². The second-order valence-corrected chi connectivity index (χ2v) is 9.68. The first kappa shape index (κ1) is 20.1. The molecule has 0 aliphatic carbocycles. The van der Waals surface area contributed by atoms with Gasteiger partial charge in [-0.2, -0.15) is 0 Å². The first-order valence-corrected chi connectivity index (χ1v) is 11.2. The standard InChI is InChI=1S/C16H29N5O2S2/c1-5-10-25(22,23)21-8-6-14(7-9-21)20-16(17-4)18-11-15-19-12(2)13(3)24-15/h14H,5-11H2,1-4H3,(H2,17,18,20). The molecule has 0 amide bonds. The van der Waals surface area contributed by atoms with Crippen molar-refractivity contribution in [2.75, 3.05) is 25.9 Å². The average Bonchev–Trinajstić information content (AvgIpc) is 2.90. The van der Waals surface area contributed by atoms with E-state index in [0.29, 0.717) is 26.1 Å². The fourth-order valence-corrected chi connectivity index (χ4v) is 5.24. The van der Waals surface area contributed by atoms with Crippen molar-refractivity contribution < 1.29 is 8.42 Å². The van der Waals surface area contributed by atoms with Crippen LogP contribution in [0, 0.1) is 13.8 Å². The summed E-state index contributed by atoms with van der Waals surface area (Å²) in [5, 5.41) is 7.73. The molecule has 0 unspecified atom stereocenters. The lowest BCUT2D eigenvalue weighted by Gasteiger charge is -2.32. The van der Waals surface area contributed by atoms with Crippen LogP contribution in [0.1, 0.15) is 41.8 Å². The molecule has 0 atom stereocenters. The molecule has 0 bridgehead atoms. The molecule has 142 valence electrons. The van der Waals surface area contributed by atoms with E-state index in [-0.39, 0.29) is 11.8 Å². The van der Waals surface area contributed by atoms with E-state index in [9.17, 15) is 8.42 Å². The van der Waals surface area contributed by atoms with Crippen molar-refractivity contribution >= 4 is 27.3 Å². The number of nitrogens with zero attached hydrogens (tertiary/aromatic N) is 3. The Labute approximate surface area is 155 Å². The second kappa shape index (κ2) is 8.95. The smallest absolute Gasteiger partial charge is 0.214 e. The van der Waals surface area contributed by atoms with Gasteiger partial charge in [0.15, 0.2) is 5.96 Å². The summed E-state index contributed by atoms with van der Waals surface area (Å²) in [4.78, 5) is 10.0. The monoisotopic (exact) mass is 387 g/mol. The van der Waals surface area contributed by atoms with Gasteiger partial charge in [-0.25, -0.2) is 17.7 Å². The topological polar surface area (TPSA) is 86.7 Å². The summed E-state index contributed by atoms with van der Waals surface area (Å²) in [6.45, 7) is 7.77. The molecule has 0 aromatic carbocycles. The molecule has 9 heteroatoms. The van der Waals surface area contributed by atoms with Gasteiger partial charge >= 0.3 is 0 Å². The third-order valence-corrected chi connectivity index (χ3v) is 7.50. The SMILES string of the molecule is CCCS(=O)(=O)N1CCC(NC(=NC)NCc2nc(C)c(C)s2)CC1. The van der Waals surface area contributed by atoms with Gasteiger partial charge in [-0.3, -0.25) is 4.99 Å². The molecular formula is C16H29N5O2S2. The van der Waals surface area contributed by atoms with E-state index < -0.39 is 10.0 Å². The van der Waals surface area contributed by atoms with E-state index in [4.69, 9.17) is 0 Å².